The molecule has 0 bridgehead atoms. The van der Waals surface area contributed by atoms with Crippen LogP contribution in [-0.4, -0.2) is 42.5 Å². The molecule has 1 aliphatic rings. The molecule has 5 nitrogen and oxygen atoms in total. The molecule has 0 aromatic rings. The van der Waals surface area contributed by atoms with Crippen LogP contribution in [-0.2, 0) is 14.3 Å². The lowest BCUT2D eigenvalue weighted by Crippen LogP contribution is -2.41. The molecule has 0 radical (unpaired) electrons. The first kappa shape index (κ1) is 14.0. The van der Waals surface area contributed by atoms with Crippen molar-refractivity contribution in [1.29, 1.82) is 0 Å². The highest BCUT2D eigenvalue weighted by atomic mass is 16.5. The number of piperidine rings is 1. The van der Waals surface area contributed by atoms with E-state index in [1.807, 2.05) is 13.8 Å². The summed E-state index contributed by atoms with van der Waals surface area (Å²) in [6, 6.07) is 0. The molecule has 0 atom stereocenters. The van der Waals surface area contributed by atoms with E-state index in [4.69, 9.17) is 10.5 Å². The summed E-state index contributed by atoms with van der Waals surface area (Å²) in [5, 5.41) is 0. The number of hydrogen-bond donors (Lipinski definition) is 1. The van der Waals surface area contributed by atoms with E-state index in [1.165, 1.54) is 0 Å². The molecule has 2 N–H and O–H groups in total. The maximum Gasteiger partial charge on any atom is 0.248 e. The highest BCUT2D eigenvalue weighted by Gasteiger charge is 2.23. The van der Waals surface area contributed by atoms with Crippen molar-refractivity contribution < 1.29 is 14.3 Å². The van der Waals surface area contributed by atoms with Crippen molar-refractivity contribution in [1.82, 2.24) is 4.90 Å². The standard InChI is InChI=1S/C12H22N2O3/c1-9(2)17-8-12(16)14-5-3-10(4-6-14)7-11(13)15/h9-10H,3-8H2,1-2H3,(H2,13,15). The Kier molecular flexibility index (Phi) is 5.41. The average molecular weight is 242 g/mol. The minimum Gasteiger partial charge on any atom is -0.370 e. The zero-order valence-electron chi connectivity index (χ0n) is 10.6. The number of carbonyl (C=O) groups excluding carboxylic acids is 2. The lowest BCUT2D eigenvalue weighted by atomic mass is 9.93. The van der Waals surface area contributed by atoms with Gasteiger partial charge in [-0.3, -0.25) is 9.59 Å². The van der Waals surface area contributed by atoms with Crippen molar-refractivity contribution in [2.75, 3.05) is 19.7 Å². The summed E-state index contributed by atoms with van der Waals surface area (Å²) in [5.41, 5.74) is 5.16. The number of hydrogen-bond acceptors (Lipinski definition) is 3. The molecule has 1 saturated heterocycles. The Morgan fingerprint density at radius 3 is 2.41 bits per heavy atom. The monoisotopic (exact) mass is 242 g/mol. The van der Waals surface area contributed by atoms with Crippen molar-refractivity contribution in [3.05, 3.63) is 0 Å². The molecular weight excluding hydrogens is 220 g/mol. The summed E-state index contributed by atoms with van der Waals surface area (Å²) in [6.45, 7) is 5.38. The maximum atomic E-state index is 11.7. The Balaban J connectivity index is 2.26. The van der Waals surface area contributed by atoms with Gasteiger partial charge < -0.3 is 15.4 Å². The Bertz CT molecular complexity index is 271. The predicted molar refractivity (Wildman–Crippen MR) is 64.2 cm³/mol. The Labute approximate surface area is 102 Å². The summed E-state index contributed by atoms with van der Waals surface area (Å²) < 4.78 is 5.28. The van der Waals surface area contributed by atoms with Crippen molar-refractivity contribution in [2.24, 2.45) is 11.7 Å². The minimum atomic E-state index is -0.252. The molecule has 0 spiro atoms. The van der Waals surface area contributed by atoms with Crippen LogP contribution in [0.4, 0.5) is 0 Å². The van der Waals surface area contributed by atoms with Gasteiger partial charge in [-0.15, -0.1) is 0 Å². The van der Waals surface area contributed by atoms with Crippen LogP contribution in [0.15, 0.2) is 0 Å². The van der Waals surface area contributed by atoms with E-state index in [1.54, 1.807) is 4.90 Å². The third kappa shape index (κ3) is 5.17. The number of rotatable bonds is 5. The fourth-order valence-corrected chi connectivity index (χ4v) is 2.00. The van der Waals surface area contributed by atoms with Crippen molar-refractivity contribution >= 4 is 11.8 Å². The van der Waals surface area contributed by atoms with Gasteiger partial charge in [-0.25, -0.2) is 0 Å². The van der Waals surface area contributed by atoms with Gasteiger partial charge in [-0.05, 0) is 32.6 Å². The van der Waals surface area contributed by atoms with E-state index in [0.29, 0.717) is 25.4 Å². The molecule has 1 heterocycles. The molecule has 0 aromatic heterocycles. The molecule has 1 fully saturated rings. The van der Waals surface area contributed by atoms with Gasteiger partial charge in [0, 0.05) is 19.5 Å². The van der Waals surface area contributed by atoms with Gasteiger partial charge in [0.15, 0.2) is 0 Å². The number of nitrogens with two attached hydrogens (primary N) is 1. The van der Waals surface area contributed by atoms with Crippen LogP contribution < -0.4 is 5.73 Å². The van der Waals surface area contributed by atoms with Crippen molar-refractivity contribution in [3.63, 3.8) is 0 Å². The lowest BCUT2D eigenvalue weighted by Gasteiger charge is -2.31. The SMILES string of the molecule is CC(C)OCC(=O)N1CCC(CC(N)=O)CC1. The van der Waals surface area contributed by atoms with Crippen LogP contribution in [0.3, 0.4) is 0 Å². The molecule has 1 rings (SSSR count). The van der Waals surface area contributed by atoms with Gasteiger partial charge in [0.05, 0.1) is 6.10 Å². The van der Waals surface area contributed by atoms with E-state index in [2.05, 4.69) is 0 Å². The number of primary amides is 1. The van der Waals surface area contributed by atoms with Gasteiger partial charge in [0.25, 0.3) is 0 Å². The molecule has 1 aliphatic heterocycles. The Morgan fingerprint density at radius 1 is 1.35 bits per heavy atom. The quantitative estimate of drug-likeness (QED) is 0.764. The molecule has 0 aliphatic carbocycles. The van der Waals surface area contributed by atoms with Crippen LogP contribution in [0.25, 0.3) is 0 Å². The Hall–Kier alpha value is -1.10. The van der Waals surface area contributed by atoms with Gasteiger partial charge in [0.1, 0.15) is 6.61 Å². The molecule has 98 valence electrons. The van der Waals surface area contributed by atoms with Crippen LogP contribution in [0.5, 0.6) is 0 Å². The summed E-state index contributed by atoms with van der Waals surface area (Å²) >= 11 is 0. The first-order valence-electron chi connectivity index (χ1n) is 6.16. The van der Waals surface area contributed by atoms with Crippen LogP contribution in [0, 0.1) is 5.92 Å². The van der Waals surface area contributed by atoms with E-state index in [9.17, 15) is 9.59 Å². The largest absolute Gasteiger partial charge is 0.370 e. The number of amides is 2. The smallest absolute Gasteiger partial charge is 0.248 e. The molecular formula is C12H22N2O3. The van der Waals surface area contributed by atoms with Crippen molar-refractivity contribution in [3.8, 4) is 0 Å². The fraction of sp³-hybridized carbons (Fsp3) is 0.833. The number of ether oxygens (including phenoxy) is 1. The normalized spacial score (nSPS) is 17.5. The number of carbonyl (C=O) groups is 2. The highest BCUT2D eigenvalue weighted by Crippen LogP contribution is 2.20. The van der Waals surface area contributed by atoms with Crippen LogP contribution in [0.1, 0.15) is 33.1 Å². The van der Waals surface area contributed by atoms with Gasteiger partial charge in [0.2, 0.25) is 11.8 Å². The second kappa shape index (κ2) is 6.59. The predicted octanol–water partition coefficient (Wildman–Crippen LogP) is 0.525. The van der Waals surface area contributed by atoms with Crippen LogP contribution >= 0.6 is 0 Å². The molecule has 0 unspecified atom stereocenters. The summed E-state index contributed by atoms with van der Waals surface area (Å²) in [7, 11) is 0. The summed E-state index contributed by atoms with van der Waals surface area (Å²) in [4.78, 5) is 24.3. The Morgan fingerprint density at radius 2 is 1.94 bits per heavy atom. The average Bonchev–Trinajstić information content (AvgIpc) is 2.26. The maximum absolute atomic E-state index is 11.7. The molecule has 5 heteroatoms. The van der Waals surface area contributed by atoms with Crippen molar-refractivity contribution in [2.45, 2.75) is 39.2 Å². The fourth-order valence-electron chi connectivity index (χ4n) is 2.00. The van der Waals surface area contributed by atoms with E-state index in [0.717, 1.165) is 12.8 Å². The van der Waals surface area contributed by atoms with Crippen LogP contribution in [0.2, 0.25) is 0 Å². The molecule has 17 heavy (non-hydrogen) atoms. The van der Waals surface area contributed by atoms with E-state index in [-0.39, 0.29) is 24.5 Å². The van der Waals surface area contributed by atoms with E-state index >= 15 is 0 Å². The first-order valence-corrected chi connectivity index (χ1v) is 6.16. The zero-order chi connectivity index (χ0) is 12.8. The van der Waals surface area contributed by atoms with Gasteiger partial charge in [-0.1, -0.05) is 0 Å². The topological polar surface area (TPSA) is 72.6 Å². The highest BCUT2D eigenvalue weighted by molar-refractivity contribution is 5.77. The van der Waals surface area contributed by atoms with Gasteiger partial charge in [-0.2, -0.15) is 0 Å². The zero-order valence-corrected chi connectivity index (χ0v) is 10.6. The van der Waals surface area contributed by atoms with Gasteiger partial charge >= 0.3 is 0 Å². The number of likely N-dealkylation sites (tertiary alicyclic amines) is 1. The summed E-state index contributed by atoms with van der Waals surface area (Å²) in [5.74, 6) is 0.122. The molecule has 0 saturated carbocycles. The molecule has 0 aromatic carbocycles. The molecule has 2 amide bonds. The second-order valence-corrected chi connectivity index (χ2v) is 4.85. The minimum absolute atomic E-state index is 0.0382. The third-order valence-corrected chi connectivity index (χ3v) is 3.00. The lowest BCUT2D eigenvalue weighted by molar-refractivity contribution is -0.139. The second-order valence-electron chi connectivity index (χ2n) is 4.85. The summed E-state index contributed by atoms with van der Waals surface area (Å²) in [6.07, 6.45) is 2.23. The number of nitrogens with zero attached hydrogens (tertiary/aromatic N) is 1. The van der Waals surface area contributed by atoms with E-state index < -0.39 is 0 Å². The first-order chi connectivity index (χ1) is 7.99. The third-order valence-electron chi connectivity index (χ3n) is 3.00.